The normalized spacial score (nSPS) is 11.2. The van der Waals surface area contributed by atoms with Gasteiger partial charge in [0.05, 0.1) is 4.90 Å². The van der Waals surface area contributed by atoms with Gasteiger partial charge in [0, 0.05) is 16.7 Å². The number of nitrogens with zero attached hydrogens (tertiary/aromatic N) is 1. The standard InChI is InChI=1S/C18H12FNO2S2/c1-24(21,22)16-8-4-12(5-9-16)17-10-15(11-20)23-18(17)13-2-6-14(19)7-3-13/h2-10H,1H3. The molecular formula is C18H12FNO2S2. The molecule has 0 bridgehead atoms. The maximum atomic E-state index is 13.1. The fourth-order valence-electron chi connectivity index (χ4n) is 2.36. The number of benzene rings is 2. The second-order valence-electron chi connectivity index (χ2n) is 5.27. The lowest BCUT2D eigenvalue weighted by Crippen LogP contribution is -1.96. The van der Waals surface area contributed by atoms with Crippen LogP contribution < -0.4 is 0 Å². The van der Waals surface area contributed by atoms with Gasteiger partial charge in [0.25, 0.3) is 0 Å². The van der Waals surface area contributed by atoms with E-state index in [-0.39, 0.29) is 10.7 Å². The summed E-state index contributed by atoms with van der Waals surface area (Å²) in [6.07, 6.45) is 1.16. The quantitative estimate of drug-likeness (QED) is 0.694. The molecule has 0 aliphatic rings. The Hall–Kier alpha value is -2.49. The minimum absolute atomic E-state index is 0.241. The fourth-order valence-corrected chi connectivity index (χ4v) is 3.97. The average molecular weight is 357 g/mol. The van der Waals surface area contributed by atoms with Gasteiger partial charge < -0.3 is 0 Å². The summed E-state index contributed by atoms with van der Waals surface area (Å²) in [6, 6.07) is 16.5. The minimum atomic E-state index is -3.26. The zero-order chi connectivity index (χ0) is 17.3. The predicted octanol–water partition coefficient (Wildman–Crippen LogP) is 4.50. The van der Waals surface area contributed by atoms with Gasteiger partial charge in [0.2, 0.25) is 0 Å². The first kappa shape index (κ1) is 16.4. The molecule has 1 aromatic heterocycles. The van der Waals surface area contributed by atoms with Crippen LogP contribution in [0, 0.1) is 17.1 Å². The number of halogens is 1. The van der Waals surface area contributed by atoms with Gasteiger partial charge in [-0.1, -0.05) is 24.3 Å². The van der Waals surface area contributed by atoms with Gasteiger partial charge >= 0.3 is 0 Å². The van der Waals surface area contributed by atoms with E-state index in [2.05, 4.69) is 6.07 Å². The van der Waals surface area contributed by atoms with Crippen molar-refractivity contribution in [1.29, 1.82) is 5.26 Å². The highest BCUT2D eigenvalue weighted by Crippen LogP contribution is 2.39. The smallest absolute Gasteiger partial charge is 0.175 e. The molecule has 1 heterocycles. The summed E-state index contributed by atoms with van der Waals surface area (Å²) >= 11 is 1.32. The molecule has 2 aromatic carbocycles. The lowest BCUT2D eigenvalue weighted by atomic mass is 10.0. The first-order valence-electron chi connectivity index (χ1n) is 6.99. The zero-order valence-electron chi connectivity index (χ0n) is 12.7. The molecule has 3 aromatic rings. The maximum Gasteiger partial charge on any atom is 0.175 e. The molecule has 0 amide bonds. The van der Waals surface area contributed by atoms with Crippen molar-refractivity contribution in [3.8, 4) is 27.6 Å². The lowest BCUT2D eigenvalue weighted by molar-refractivity contribution is 0.602. The molecular weight excluding hydrogens is 345 g/mol. The highest BCUT2D eigenvalue weighted by Gasteiger charge is 2.14. The van der Waals surface area contributed by atoms with Crippen molar-refractivity contribution in [2.75, 3.05) is 6.26 Å². The van der Waals surface area contributed by atoms with E-state index >= 15 is 0 Å². The molecule has 0 saturated carbocycles. The van der Waals surface area contributed by atoms with Gasteiger partial charge in [-0.05, 0) is 41.5 Å². The van der Waals surface area contributed by atoms with Crippen molar-refractivity contribution >= 4 is 21.2 Å². The molecule has 0 fully saturated rings. The van der Waals surface area contributed by atoms with Crippen LogP contribution in [-0.2, 0) is 9.84 Å². The second-order valence-corrected chi connectivity index (χ2v) is 8.34. The van der Waals surface area contributed by atoms with Crippen LogP contribution in [0.5, 0.6) is 0 Å². The van der Waals surface area contributed by atoms with Gasteiger partial charge in [-0.3, -0.25) is 0 Å². The summed E-state index contributed by atoms with van der Waals surface area (Å²) in [5, 5.41) is 9.19. The Bertz CT molecular complexity index is 1030. The van der Waals surface area contributed by atoms with Crippen LogP contribution in [0.4, 0.5) is 4.39 Å². The molecule has 0 unspecified atom stereocenters. The van der Waals surface area contributed by atoms with Crippen molar-refractivity contribution < 1.29 is 12.8 Å². The number of nitriles is 1. The molecule has 0 aliphatic heterocycles. The predicted molar refractivity (Wildman–Crippen MR) is 93.0 cm³/mol. The third-order valence-electron chi connectivity index (χ3n) is 3.54. The van der Waals surface area contributed by atoms with Crippen molar-refractivity contribution in [2.24, 2.45) is 0 Å². The van der Waals surface area contributed by atoms with Crippen molar-refractivity contribution in [2.45, 2.75) is 4.90 Å². The van der Waals surface area contributed by atoms with Crippen molar-refractivity contribution in [3.05, 3.63) is 65.3 Å². The summed E-state index contributed by atoms with van der Waals surface area (Å²) < 4.78 is 36.3. The molecule has 3 rings (SSSR count). The van der Waals surface area contributed by atoms with Crippen molar-refractivity contribution in [3.63, 3.8) is 0 Å². The van der Waals surface area contributed by atoms with Gasteiger partial charge in [-0.25, -0.2) is 12.8 Å². The third kappa shape index (κ3) is 3.23. The van der Waals surface area contributed by atoms with E-state index in [4.69, 9.17) is 0 Å². The summed E-state index contributed by atoms with van der Waals surface area (Å²) in [7, 11) is -3.26. The fraction of sp³-hybridized carbons (Fsp3) is 0.0556. The summed E-state index contributed by atoms with van der Waals surface area (Å²) in [5.74, 6) is -0.324. The number of sulfone groups is 1. The molecule has 0 atom stereocenters. The monoisotopic (exact) mass is 357 g/mol. The van der Waals surface area contributed by atoms with E-state index in [1.165, 1.54) is 23.5 Å². The minimum Gasteiger partial charge on any atom is -0.224 e. The second kappa shape index (κ2) is 6.19. The molecule has 0 spiro atoms. The topological polar surface area (TPSA) is 57.9 Å². The van der Waals surface area contributed by atoms with Crippen LogP contribution >= 0.6 is 11.3 Å². The molecule has 0 saturated heterocycles. The molecule has 6 heteroatoms. The van der Waals surface area contributed by atoms with E-state index in [0.29, 0.717) is 4.88 Å². The first-order valence-corrected chi connectivity index (χ1v) is 9.69. The maximum absolute atomic E-state index is 13.1. The van der Waals surface area contributed by atoms with Crippen LogP contribution in [0.15, 0.2) is 59.5 Å². The highest BCUT2D eigenvalue weighted by molar-refractivity contribution is 7.90. The van der Waals surface area contributed by atoms with Crippen molar-refractivity contribution in [1.82, 2.24) is 0 Å². The molecule has 3 nitrogen and oxygen atoms in total. The van der Waals surface area contributed by atoms with E-state index < -0.39 is 9.84 Å². The number of rotatable bonds is 3. The van der Waals surface area contributed by atoms with Gasteiger partial charge in [0.1, 0.15) is 16.8 Å². The Labute approximate surface area is 143 Å². The number of hydrogen-bond acceptors (Lipinski definition) is 4. The van der Waals surface area contributed by atoms with E-state index in [1.807, 2.05) is 0 Å². The number of hydrogen-bond donors (Lipinski definition) is 0. The molecule has 0 N–H and O–H groups in total. The SMILES string of the molecule is CS(=O)(=O)c1ccc(-c2cc(C#N)sc2-c2ccc(F)cc2)cc1. The Morgan fingerprint density at radius 2 is 1.58 bits per heavy atom. The van der Waals surface area contributed by atoms with Crippen LogP contribution in [0.1, 0.15) is 4.88 Å². The number of thiophene rings is 1. The third-order valence-corrected chi connectivity index (χ3v) is 5.76. The Morgan fingerprint density at radius 1 is 1.00 bits per heavy atom. The summed E-state index contributed by atoms with van der Waals surface area (Å²) in [6.45, 7) is 0. The van der Waals surface area contributed by atoms with E-state index in [9.17, 15) is 18.1 Å². The van der Waals surface area contributed by atoms with Crippen LogP contribution in [0.2, 0.25) is 0 Å². The van der Waals surface area contributed by atoms with Crippen LogP contribution in [0.25, 0.3) is 21.6 Å². The largest absolute Gasteiger partial charge is 0.224 e. The van der Waals surface area contributed by atoms with Crippen LogP contribution in [-0.4, -0.2) is 14.7 Å². The Balaban J connectivity index is 2.12. The van der Waals surface area contributed by atoms with Crippen LogP contribution in [0.3, 0.4) is 0 Å². The van der Waals surface area contributed by atoms with E-state index in [0.717, 1.165) is 27.8 Å². The summed E-state index contributed by atoms with van der Waals surface area (Å²) in [5.41, 5.74) is 2.44. The Morgan fingerprint density at radius 3 is 2.12 bits per heavy atom. The average Bonchev–Trinajstić information content (AvgIpc) is 2.99. The molecule has 24 heavy (non-hydrogen) atoms. The summed E-state index contributed by atoms with van der Waals surface area (Å²) in [4.78, 5) is 1.63. The van der Waals surface area contributed by atoms with Gasteiger partial charge in [-0.2, -0.15) is 5.26 Å². The van der Waals surface area contributed by atoms with E-state index in [1.54, 1.807) is 42.5 Å². The highest BCUT2D eigenvalue weighted by atomic mass is 32.2. The molecule has 0 radical (unpaired) electrons. The van der Waals surface area contributed by atoms with Gasteiger partial charge in [-0.15, -0.1) is 11.3 Å². The Kier molecular flexibility index (Phi) is 4.22. The molecule has 0 aliphatic carbocycles. The molecule has 120 valence electrons. The lowest BCUT2D eigenvalue weighted by Gasteiger charge is -2.06. The zero-order valence-corrected chi connectivity index (χ0v) is 14.3. The van der Waals surface area contributed by atoms with Gasteiger partial charge in [0.15, 0.2) is 9.84 Å². The first-order chi connectivity index (χ1) is 11.4.